The first-order valence-corrected chi connectivity index (χ1v) is 10.3. The van der Waals surface area contributed by atoms with Gasteiger partial charge in [0.15, 0.2) is 28.4 Å². The van der Waals surface area contributed by atoms with Gasteiger partial charge in [0, 0.05) is 6.54 Å². The van der Waals surface area contributed by atoms with E-state index in [1.807, 2.05) is 31.2 Å². The minimum Gasteiger partial charge on any atom is -0.491 e. The second kappa shape index (κ2) is 11.9. The lowest BCUT2D eigenvalue weighted by atomic mass is 10.1. The van der Waals surface area contributed by atoms with Gasteiger partial charge < -0.3 is 26.6 Å². The monoisotopic (exact) mass is 449 g/mol. The molecule has 0 saturated heterocycles. The van der Waals surface area contributed by atoms with Gasteiger partial charge in [-0.05, 0) is 43.4 Å². The third kappa shape index (κ3) is 7.91. The number of aryl methyl sites for hydroxylation is 1. The largest absolute Gasteiger partial charge is 0.491 e. The second-order valence-electron chi connectivity index (χ2n) is 6.87. The third-order valence-corrected chi connectivity index (χ3v) is 4.64. The van der Waals surface area contributed by atoms with Crippen LogP contribution in [0.1, 0.15) is 42.2 Å². The topological polar surface area (TPSA) is 172 Å². The number of hydrogen-bond donors (Lipinski definition) is 6. The number of aliphatic hydroxyl groups is 1. The van der Waals surface area contributed by atoms with Crippen LogP contribution in [0.5, 0.6) is 5.75 Å². The molecule has 0 aliphatic carbocycles. The van der Waals surface area contributed by atoms with Gasteiger partial charge in [-0.15, -0.1) is 0 Å². The number of aromatic nitrogens is 2. The number of aliphatic hydroxyl groups excluding tert-OH is 1. The number of nitrogen functional groups attached to an aromatic ring is 2. The van der Waals surface area contributed by atoms with Crippen molar-refractivity contribution in [2.75, 3.05) is 24.6 Å². The predicted octanol–water partition coefficient (Wildman–Crippen LogP) is 1.72. The molecule has 2 aromatic rings. The maximum Gasteiger partial charge on any atom is 0.280 e. The summed E-state index contributed by atoms with van der Waals surface area (Å²) in [5.74, 6) is -0.377. The van der Waals surface area contributed by atoms with E-state index >= 15 is 0 Å². The first kappa shape index (κ1) is 24.2. The zero-order valence-electron chi connectivity index (χ0n) is 17.3. The molecule has 0 aliphatic heterocycles. The second-order valence-corrected chi connectivity index (χ2v) is 7.23. The Balaban J connectivity index is 1.70. The van der Waals surface area contributed by atoms with E-state index in [2.05, 4.69) is 20.6 Å². The van der Waals surface area contributed by atoms with Crippen molar-refractivity contribution in [1.82, 2.24) is 20.6 Å². The molecule has 0 radical (unpaired) electrons. The average molecular weight is 450 g/mol. The molecule has 1 amide bonds. The number of hydrogen-bond acceptors (Lipinski definition) is 8. The van der Waals surface area contributed by atoms with Crippen LogP contribution in [0.3, 0.4) is 0 Å². The highest BCUT2D eigenvalue weighted by atomic mass is 35.5. The molecule has 0 aliphatic rings. The Morgan fingerprint density at radius 2 is 2.06 bits per heavy atom. The van der Waals surface area contributed by atoms with E-state index in [1.54, 1.807) is 0 Å². The number of guanidine groups is 1. The Bertz CT molecular complexity index is 910. The lowest BCUT2D eigenvalue weighted by Gasteiger charge is -2.12. The molecule has 2 rings (SSSR count). The number of anilines is 2. The minimum absolute atomic E-state index is 0.0698. The summed E-state index contributed by atoms with van der Waals surface area (Å²) < 4.78 is 5.59. The van der Waals surface area contributed by atoms with E-state index < -0.39 is 12.0 Å². The van der Waals surface area contributed by atoms with Gasteiger partial charge in [0.1, 0.15) is 12.4 Å². The number of ether oxygens (including phenoxy) is 1. The molecule has 1 aromatic heterocycles. The standard InChI is InChI=1S/C20H28ClN7O3/c1-2-13(29)11-31-14-8-5-7-12(10-14)6-3-4-9-25-20(24)28-19(30)15-17(22)27-18(23)16(21)26-15/h5,7-8,10,13,29H,2-4,6,9,11H2,1H3,(H4,22,23,27)(H3,24,25,28,30). The molecular formula is C20H28ClN7O3. The highest BCUT2D eigenvalue weighted by molar-refractivity contribution is 6.31. The van der Waals surface area contributed by atoms with E-state index in [4.69, 9.17) is 33.2 Å². The number of carbonyl (C=O) groups excluding carboxylic acids is 1. The van der Waals surface area contributed by atoms with Gasteiger partial charge in [-0.25, -0.2) is 9.97 Å². The summed E-state index contributed by atoms with van der Waals surface area (Å²) in [6.45, 7) is 2.68. The van der Waals surface area contributed by atoms with Crippen LogP contribution in [-0.4, -0.2) is 46.2 Å². The molecule has 0 spiro atoms. The summed E-state index contributed by atoms with van der Waals surface area (Å²) in [4.78, 5) is 19.7. The van der Waals surface area contributed by atoms with E-state index in [0.29, 0.717) is 13.0 Å². The molecule has 8 N–H and O–H groups in total. The Morgan fingerprint density at radius 3 is 2.81 bits per heavy atom. The van der Waals surface area contributed by atoms with Crippen LogP contribution in [0.4, 0.5) is 11.6 Å². The summed E-state index contributed by atoms with van der Waals surface area (Å²) in [7, 11) is 0. The Hall–Kier alpha value is -3.11. The lowest BCUT2D eigenvalue weighted by Crippen LogP contribution is -2.41. The predicted molar refractivity (Wildman–Crippen MR) is 120 cm³/mol. The van der Waals surface area contributed by atoms with Gasteiger partial charge >= 0.3 is 0 Å². The quantitative estimate of drug-likeness (QED) is 0.180. The number of halogens is 1. The average Bonchev–Trinajstić information content (AvgIpc) is 2.74. The molecule has 168 valence electrons. The molecule has 1 aromatic carbocycles. The molecule has 0 saturated carbocycles. The van der Waals surface area contributed by atoms with Crippen molar-refractivity contribution >= 4 is 35.1 Å². The normalized spacial score (nSPS) is 11.6. The molecule has 1 unspecified atom stereocenters. The third-order valence-electron chi connectivity index (χ3n) is 4.36. The highest BCUT2D eigenvalue weighted by Gasteiger charge is 2.16. The van der Waals surface area contributed by atoms with Gasteiger partial charge in [-0.2, -0.15) is 0 Å². The number of carbonyl (C=O) groups is 1. The maximum absolute atomic E-state index is 12.2. The van der Waals surface area contributed by atoms with Crippen molar-refractivity contribution in [2.24, 2.45) is 0 Å². The lowest BCUT2D eigenvalue weighted by molar-refractivity contribution is 0.0971. The number of nitrogens with two attached hydrogens (primary N) is 2. The van der Waals surface area contributed by atoms with Crippen LogP contribution in [-0.2, 0) is 6.42 Å². The Kier molecular flexibility index (Phi) is 9.29. The Morgan fingerprint density at radius 1 is 1.29 bits per heavy atom. The van der Waals surface area contributed by atoms with Crippen LogP contribution in [0.15, 0.2) is 24.3 Å². The molecule has 0 fully saturated rings. The molecule has 31 heavy (non-hydrogen) atoms. The van der Waals surface area contributed by atoms with E-state index in [1.165, 1.54) is 0 Å². The van der Waals surface area contributed by atoms with Crippen molar-refractivity contribution < 1.29 is 14.6 Å². The summed E-state index contributed by atoms with van der Waals surface area (Å²) in [6, 6.07) is 7.76. The fourth-order valence-corrected chi connectivity index (χ4v) is 2.72. The van der Waals surface area contributed by atoms with Crippen molar-refractivity contribution in [3.63, 3.8) is 0 Å². The van der Waals surface area contributed by atoms with Gasteiger partial charge in [-0.1, -0.05) is 30.7 Å². The number of rotatable bonds is 10. The van der Waals surface area contributed by atoms with Crippen molar-refractivity contribution in [2.45, 2.75) is 38.7 Å². The summed E-state index contributed by atoms with van der Waals surface area (Å²) in [6.07, 6.45) is 2.68. The number of nitrogens with zero attached hydrogens (tertiary/aromatic N) is 2. The van der Waals surface area contributed by atoms with Gasteiger partial charge in [0.25, 0.3) is 5.91 Å². The SMILES string of the molecule is CCC(O)COc1cccc(CCCCNC(=N)NC(=O)c2nc(Cl)c(N)nc2N)c1. The maximum atomic E-state index is 12.2. The van der Waals surface area contributed by atoms with Crippen LogP contribution < -0.4 is 26.8 Å². The molecule has 10 nitrogen and oxygen atoms in total. The van der Waals surface area contributed by atoms with Crippen molar-refractivity contribution in [3.8, 4) is 5.75 Å². The van der Waals surface area contributed by atoms with Crippen molar-refractivity contribution in [1.29, 1.82) is 5.41 Å². The van der Waals surface area contributed by atoms with Crippen LogP contribution in [0.25, 0.3) is 0 Å². The first-order valence-electron chi connectivity index (χ1n) is 9.92. The van der Waals surface area contributed by atoms with Gasteiger partial charge in [0.05, 0.1) is 6.10 Å². The molecule has 11 heteroatoms. The summed E-state index contributed by atoms with van der Waals surface area (Å²) in [5.41, 5.74) is 12.0. The summed E-state index contributed by atoms with van der Waals surface area (Å²) in [5, 5.41) is 22.5. The zero-order valence-corrected chi connectivity index (χ0v) is 18.1. The van der Waals surface area contributed by atoms with Crippen LogP contribution in [0.2, 0.25) is 5.15 Å². The van der Waals surface area contributed by atoms with E-state index in [9.17, 15) is 9.90 Å². The van der Waals surface area contributed by atoms with Crippen LogP contribution >= 0.6 is 11.6 Å². The van der Waals surface area contributed by atoms with Gasteiger partial charge in [-0.3, -0.25) is 15.5 Å². The van der Waals surface area contributed by atoms with Crippen LogP contribution in [0, 0.1) is 5.41 Å². The molecular weight excluding hydrogens is 422 g/mol. The fraction of sp³-hybridized carbons (Fsp3) is 0.400. The molecule has 1 heterocycles. The number of nitrogens with one attached hydrogen (secondary N) is 3. The zero-order chi connectivity index (χ0) is 22.8. The minimum atomic E-state index is -0.700. The summed E-state index contributed by atoms with van der Waals surface area (Å²) >= 11 is 5.76. The number of amides is 1. The smallest absolute Gasteiger partial charge is 0.280 e. The molecule has 1 atom stereocenters. The van der Waals surface area contributed by atoms with Crippen molar-refractivity contribution in [3.05, 3.63) is 40.7 Å². The number of benzene rings is 1. The van der Waals surface area contributed by atoms with E-state index in [0.717, 1.165) is 30.6 Å². The number of unbranched alkanes of at least 4 members (excludes halogenated alkanes) is 1. The fourth-order valence-electron chi connectivity index (χ4n) is 2.59. The first-order chi connectivity index (χ1) is 14.8. The molecule has 0 bridgehead atoms. The van der Waals surface area contributed by atoms with Gasteiger partial charge in [0.2, 0.25) is 0 Å². The Labute approximate surface area is 185 Å². The highest BCUT2D eigenvalue weighted by Crippen LogP contribution is 2.17. The van der Waals surface area contributed by atoms with E-state index in [-0.39, 0.29) is 35.0 Å².